The lowest BCUT2D eigenvalue weighted by molar-refractivity contribution is -0.149. The fourth-order valence-electron chi connectivity index (χ4n) is 4.64. The first kappa shape index (κ1) is 21.0. The number of carbonyl (C=O) groups excluding carboxylic acids is 3. The Morgan fingerprint density at radius 3 is 2.97 bits per heavy atom. The fourth-order valence-corrected chi connectivity index (χ4v) is 7.43. The van der Waals surface area contributed by atoms with Crippen LogP contribution in [-0.2, 0) is 32.0 Å². The van der Waals surface area contributed by atoms with Crippen LogP contribution in [0, 0.1) is 17.2 Å². The zero-order chi connectivity index (χ0) is 22.5. The van der Waals surface area contributed by atoms with E-state index >= 15 is 0 Å². The van der Waals surface area contributed by atoms with E-state index in [1.807, 2.05) is 24.3 Å². The van der Waals surface area contributed by atoms with Gasteiger partial charge in [0.05, 0.1) is 11.3 Å². The number of fused-ring (bicyclic) bond motifs is 4. The molecule has 1 N–H and O–H groups in total. The normalized spacial score (nSPS) is 23.2. The third kappa shape index (κ3) is 3.29. The van der Waals surface area contributed by atoms with Crippen molar-refractivity contribution in [2.45, 2.75) is 48.8 Å². The third-order valence-corrected chi connectivity index (χ3v) is 8.83. The number of rotatable bonds is 4. The molecule has 1 aliphatic carbocycles. The van der Waals surface area contributed by atoms with Gasteiger partial charge in [-0.3, -0.25) is 14.5 Å². The lowest BCUT2D eigenvalue weighted by atomic mass is 9.89. The highest BCUT2D eigenvalue weighted by molar-refractivity contribution is 8.02. The topological polar surface area (TPSA) is 99.5 Å². The molecule has 9 heteroatoms. The molecule has 1 aromatic carbocycles. The van der Waals surface area contributed by atoms with E-state index in [4.69, 9.17) is 4.74 Å². The molecule has 1 saturated heterocycles. The molecule has 2 aliphatic heterocycles. The van der Waals surface area contributed by atoms with Crippen molar-refractivity contribution in [3.63, 3.8) is 0 Å². The van der Waals surface area contributed by atoms with Gasteiger partial charge in [-0.1, -0.05) is 30.8 Å². The van der Waals surface area contributed by atoms with Gasteiger partial charge in [0, 0.05) is 22.6 Å². The van der Waals surface area contributed by atoms with Gasteiger partial charge in [-0.25, -0.2) is 4.79 Å². The number of hydrogen-bond donors (Lipinski definition) is 1. The average Bonchev–Trinajstić information content (AvgIpc) is 3.41. The predicted molar refractivity (Wildman–Crippen MR) is 122 cm³/mol. The molecular formula is C23H21N3O4S2. The second kappa shape index (κ2) is 7.94. The zero-order valence-corrected chi connectivity index (χ0v) is 19.1. The number of thiophene rings is 1. The SMILES string of the molecule is C[C@H]1CCc2c(sc(NC(=O)COC(=O)[C@@]34CCC(=O)N3c3ccccc3S4)c2C#N)C1. The monoisotopic (exact) mass is 467 g/mol. The number of carbonyl (C=O) groups is 3. The summed E-state index contributed by atoms with van der Waals surface area (Å²) < 4.78 is 5.39. The first-order valence-electron chi connectivity index (χ1n) is 10.6. The van der Waals surface area contributed by atoms with Crippen LogP contribution in [0.3, 0.4) is 0 Å². The van der Waals surface area contributed by atoms with Crippen LogP contribution in [0.5, 0.6) is 0 Å². The van der Waals surface area contributed by atoms with E-state index < -0.39 is 23.4 Å². The second-order valence-electron chi connectivity index (χ2n) is 8.38. The molecule has 2 atom stereocenters. The summed E-state index contributed by atoms with van der Waals surface area (Å²) in [7, 11) is 0. The Balaban J connectivity index is 1.28. The number of benzene rings is 1. The summed E-state index contributed by atoms with van der Waals surface area (Å²) in [5.41, 5.74) is 2.25. The summed E-state index contributed by atoms with van der Waals surface area (Å²) >= 11 is 2.74. The Morgan fingerprint density at radius 2 is 2.16 bits per heavy atom. The number of nitriles is 1. The Bertz CT molecular complexity index is 1180. The molecule has 3 aliphatic rings. The smallest absolute Gasteiger partial charge is 0.344 e. The molecule has 0 radical (unpaired) electrons. The van der Waals surface area contributed by atoms with Crippen molar-refractivity contribution in [3.8, 4) is 6.07 Å². The van der Waals surface area contributed by atoms with Gasteiger partial charge in [0.15, 0.2) is 11.5 Å². The van der Waals surface area contributed by atoms with E-state index in [9.17, 15) is 19.6 Å². The molecule has 32 heavy (non-hydrogen) atoms. The van der Waals surface area contributed by atoms with Gasteiger partial charge < -0.3 is 10.1 Å². The molecule has 1 aromatic heterocycles. The summed E-state index contributed by atoms with van der Waals surface area (Å²) in [6, 6.07) is 9.59. The van der Waals surface area contributed by atoms with Crippen molar-refractivity contribution in [2.24, 2.45) is 5.92 Å². The summed E-state index contributed by atoms with van der Waals surface area (Å²) in [5, 5.41) is 12.9. The van der Waals surface area contributed by atoms with E-state index in [0.29, 0.717) is 28.6 Å². The Labute approximate surface area is 193 Å². The summed E-state index contributed by atoms with van der Waals surface area (Å²) in [6.07, 6.45) is 3.36. The fraction of sp³-hybridized carbons (Fsp3) is 0.391. The van der Waals surface area contributed by atoms with Gasteiger partial charge in [-0.2, -0.15) is 5.26 Å². The number of nitrogens with zero attached hydrogens (tertiary/aromatic N) is 2. The maximum atomic E-state index is 13.1. The quantitative estimate of drug-likeness (QED) is 0.686. The van der Waals surface area contributed by atoms with Crippen molar-refractivity contribution in [2.75, 3.05) is 16.8 Å². The molecule has 2 aromatic rings. The standard InChI is InChI=1S/C23H21N3O4S2/c1-13-6-7-14-15(11-24)21(31-18(14)10-13)25-19(27)12-30-22(29)23-9-8-20(28)26(23)16-4-2-3-5-17(16)32-23/h2-5,13H,6-10,12H2,1H3,(H,25,27)/t13-,23-/m0/s1. The summed E-state index contributed by atoms with van der Waals surface area (Å²) in [6.45, 7) is 1.71. The molecule has 164 valence electrons. The van der Waals surface area contributed by atoms with Crippen LogP contribution in [0.2, 0.25) is 0 Å². The minimum Gasteiger partial charge on any atom is -0.453 e. The molecule has 3 heterocycles. The molecule has 0 bridgehead atoms. The first-order chi connectivity index (χ1) is 15.4. The Hall–Kier alpha value is -2.83. The van der Waals surface area contributed by atoms with E-state index in [-0.39, 0.29) is 12.3 Å². The largest absolute Gasteiger partial charge is 0.453 e. The van der Waals surface area contributed by atoms with Crippen molar-refractivity contribution < 1.29 is 19.1 Å². The van der Waals surface area contributed by atoms with E-state index in [1.54, 1.807) is 0 Å². The highest BCUT2D eigenvalue weighted by Gasteiger charge is 2.58. The van der Waals surface area contributed by atoms with Crippen LogP contribution < -0.4 is 10.2 Å². The molecule has 0 saturated carbocycles. The maximum Gasteiger partial charge on any atom is 0.344 e. The van der Waals surface area contributed by atoms with Gasteiger partial charge in [0.25, 0.3) is 5.91 Å². The molecule has 2 amide bonds. The molecule has 0 unspecified atom stereocenters. The molecule has 1 fully saturated rings. The number of hydrogen-bond acceptors (Lipinski definition) is 7. The lowest BCUT2D eigenvalue weighted by Gasteiger charge is -2.28. The van der Waals surface area contributed by atoms with Gasteiger partial charge in [-0.15, -0.1) is 11.3 Å². The third-order valence-electron chi connectivity index (χ3n) is 6.20. The van der Waals surface area contributed by atoms with Gasteiger partial charge in [0.1, 0.15) is 11.1 Å². The number of ether oxygens (including phenoxy) is 1. The molecule has 0 spiro atoms. The first-order valence-corrected chi connectivity index (χ1v) is 12.2. The van der Waals surface area contributed by atoms with Crippen LogP contribution in [0.4, 0.5) is 10.7 Å². The van der Waals surface area contributed by atoms with Crippen LogP contribution in [0.25, 0.3) is 0 Å². The molecule has 7 nitrogen and oxygen atoms in total. The Morgan fingerprint density at radius 1 is 1.34 bits per heavy atom. The minimum absolute atomic E-state index is 0.124. The van der Waals surface area contributed by atoms with Crippen LogP contribution in [-0.4, -0.2) is 29.3 Å². The summed E-state index contributed by atoms with van der Waals surface area (Å²) in [4.78, 5) is 40.5. The highest BCUT2D eigenvalue weighted by Crippen LogP contribution is 2.56. The van der Waals surface area contributed by atoms with Crippen LogP contribution >= 0.6 is 23.1 Å². The van der Waals surface area contributed by atoms with Crippen LogP contribution in [0.1, 0.15) is 42.2 Å². The van der Waals surface area contributed by atoms with Gasteiger partial charge in [0.2, 0.25) is 5.91 Å². The van der Waals surface area contributed by atoms with Crippen LogP contribution in [0.15, 0.2) is 29.2 Å². The Kier molecular flexibility index (Phi) is 5.22. The minimum atomic E-state index is -1.16. The van der Waals surface area contributed by atoms with Crippen molar-refractivity contribution in [1.82, 2.24) is 0 Å². The van der Waals surface area contributed by atoms with E-state index in [1.165, 1.54) is 28.0 Å². The van der Waals surface area contributed by atoms with Gasteiger partial charge in [-0.05, 0) is 42.9 Å². The number of para-hydroxylation sites is 1. The number of nitrogens with one attached hydrogen (secondary N) is 1. The number of amides is 2. The summed E-state index contributed by atoms with van der Waals surface area (Å²) in [5.74, 6) is -0.656. The average molecular weight is 468 g/mol. The van der Waals surface area contributed by atoms with Crippen molar-refractivity contribution >= 4 is 51.6 Å². The predicted octanol–water partition coefficient (Wildman–Crippen LogP) is 3.86. The van der Waals surface area contributed by atoms with E-state index in [2.05, 4.69) is 18.3 Å². The molecule has 5 rings (SSSR count). The zero-order valence-electron chi connectivity index (χ0n) is 17.5. The highest BCUT2D eigenvalue weighted by atomic mass is 32.2. The van der Waals surface area contributed by atoms with E-state index in [0.717, 1.165) is 34.6 Å². The van der Waals surface area contributed by atoms with Gasteiger partial charge >= 0.3 is 5.97 Å². The number of esters is 1. The second-order valence-corrected chi connectivity index (χ2v) is 10.8. The maximum absolute atomic E-state index is 13.1. The van der Waals surface area contributed by atoms with Crippen molar-refractivity contribution in [1.29, 1.82) is 5.26 Å². The van der Waals surface area contributed by atoms with Crippen molar-refractivity contribution in [3.05, 3.63) is 40.3 Å². The number of thioether (sulfide) groups is 1. The molecular weight excluding hydrogens is 446 g/mol. The number of anilines is 2. The lowest BCUT2D eigenvalue weighted by Crippen LogP contribution is -2.48.